The van der Waals surface area contributed by atoms with Gasteiger partial charge in [-0.3, -0.25) is 0 Å². The van der Waals surface area contributed by atoms with E-state index < -0.39 is 0 Å². The predicted octanol–water partition coefficient (Wildman–Crippen LogP) is 2.91. The minimum absolute atomic E-state index is 0.672. The first kappa shape index (κ1) is 14.5. The zero-order valence-corrected chi connectivity index (χ0v) is 12.5. The van der Waals surface area contributed by atoms with Gasteiger partial charge in [0.1, 0.15) is 0 Å². The van der Waals surface area contributed by atoms with E-state index in [1.807, 2.05) is 11.3 Å². The number of nitrogens with zero attached hydrogens (tertiary/aromatic N) is 2. The molecule has 1 rings (SSSR count). The van der Waals surface area contributed by atoms with Gasteiger partial charge in [0, 0.05) is 25.0 Å². The highest BCUT2D eigenvalue weighted by Crippen LogP contribution is 2.26. The molecule has 0 saturated heterocycles. The number of rotatable bonds is 7. The molecule has 0 aliphatic rings. The maximum Gasteiger partial charge on any atom is 0.185 e. The molecule has 0 fully saturated rings. The summed E-state index contributed by atoms with van der Waals surface area (Å²) in [6, 6.07) is 0. The van der Waals surface area contributed by atoms with Gasteiger partial charge in [-0.15, -0.1) is 11.3 Å². The maximum atomic E-state index is 4.74. The number of aromatic nitrogens is 1. The molecule has 0 bridgehead atoms. The van der Waals surface area contributed by atoms with E-state index in [0.717, 1.165) is 31.2 Å². The fourth-order valence-electron chi connectivity index (χ4n) is 1.81. The third-order valence-corrected chi connectivity index (χ3v) is 3.81. The van der Waals surface area contributed by atoms with Crippen molar-refractivity contribution in [3.8, 4) is 0 Å². The molecule has 0 aliphatic heterocycles. The van der Waals surface area contributed by atoms with E-state index in [1.165, 1.54) is 10.6 Å². The zero-order chi connectivity index (χ0) is 12.8. The lowest BCUT2D eigenvalue weighted by molar-refractivity contribution is 0.637. The van der Waals surface area contributed by atoms with Gasteiger partial charge in [-0.25, -0.2) is 4.98 Å². The molecule has 1 heterocycles. The smallest absolute Gasteiger partial charge is 0.185 e. The molecule has 0 amide bonds. The molecule has 0 aromatic carbocycles. The summed E-state index contributed by atoms with van der Waals surface area (Å²) in [7, 11) is 2.13. The lowest BCUT2D eigenvalue weighted by atomic mass is 10.2. The van der Waals surface area contributed by atoms with Crippen LogP contribution in [0, 0.1) is 5.92 Å². The monoisotopic (exact) mass is 255 g/mol. The minimum Gasteiger partial charge on any atom is -0.351 e. The third kappa shape index (κ3) is 4.28. The molecule has 0 atom stereocenters. The van der Waals surface area contributed by atoms with Gasteiger partial charge >= 0.3 is 0 Å². The van der Waals surface area contributed by atoms with Crippen LogP contribution < -0.4 is 10.2 Å². The fourth-order valence-corrected chi connectivity index (χ4v) is 2.90. The van der Waals surface area contributed by atoms with Crippen molar-refractivity contribution in [2.24, 2.45) is 5.92 Å². The molecule has 0 saturated carbocycles. The molecule has 1 aromatic rings. The van der Waals surface area contributed by atoms with Crippen LogP contribution in [0.1, 0.15) is 38.3 Å². The third-order valence-electron chi connectivity index (χ3n) is 2.60. The van der Waals surface area contributed by atoms with Crippen LogP contribution in [0.15, 0.2) is 0 Å². The second-order valence-electron chi connectivity index (χ2n) is 4.77. The van der Waals surface area contributed by atoms with Crippen LogP contribution in [-0.4, -0.2) is 25.1 Å². The normalized spacial score (nSPS) is 11.2. The molecule has 1 aromatic heterocycles. The van der Waals surface area contributed by atoms with E-state index in [2.05, 4.69) is 45.0 Å². The van der Waals surface area contributed by atoms with Gasteiger partial charge in [-0.05, 0) is 18.9 Å². The van der Waals surface area contributed by atoms with Crippen molar-refractivity contribution in [1.82, 2.24) is 10.3 Å². The Hall–Kier alpha value is -0.610. The van der Waals surface area contributed by atoms with Crippen LogP contribution in [-0.2, 0) is 13.0 Å². The summed E-state index contributed by atoms with van der Waals surface area (Å²) in [6.45, 7) is 11.8. The van der Waals surface area contributed by atoms with Crippen molar-refractivity contribution in [2.45, 2.75) is 40.7 Å². The first-order chi connectivity index (χ1) is 8.08. The fraction of sp³-hybridized carbons (Fsp3) is 0.769. The van der Waals surface area contributed by atoms with Crippen LogP contribution in [0.2, 0.25) is 0 Å². The van der Waals surface area contributed by atoms with Crippen molar-refractivity contribution >= 4 is 16.5 Å². The Balaban J connectivity index is 2.76. The lowest BCUT2D eigenvalue weighted by Gasteiger charge is -2.17. The summed E-state index contributed by atoms with van der Waals surface area (Å²) in [5.41, 5.74) is 1.25. The number of anilines is 1. The van der Waals surface area contributed by atoms with E-state index in [0.29, 0.717) is 5.92 Å². The Morgan fingerprint density at radius 1 is 1.35 bits per heavy atom. The largest absolute Gasteiger partial charge is 0.351 e. The van der Waals surface area contributed by atoms with Crippen LogP contribution in [0.3, 0.4) is 0 Å². The van der Waals surface area contributed by atoms with E-state index in [4.69, 9.17) is 4.98 Å². The van der Waals surface area contributed by atoms with Gasteiger partial charge in [-0.1, -0.05) is 27.7 Å². The SMILES string of the molecule is CCNCc1sc(N(C)CC(C)C)nc1CC. The maximum absolute atomic E-state index is 4.74. The van der Waals surface area contributed by atoms with Crippen LogP contribution >= 0.6 is 11.3 Å². The number of thiazole rings is 1. The Labute approximate surface area is 109 Å². The average Bonchev–Trinajstić information content (AvgIpc) is 2.68. The molecule has 0 aliphatic carbocycles. The average molecular weight is 255 g/mol. The van der Waals surface area contributed by atoms with Gasteiger partial charge in [0.2, 0.25) is 0 Å². The van der Waals surface area contributed by atoms with Crippen molar-refractivity contribution in [2.75, 3.05) is 25.0 Å². The van der Waals surface area contributed by atoms with Crippen LogP contribution in [0.4, 0.5) is 5.13 Å². The van der Waals surface area contributed by atoms with Crippen LogP contribution in [0.5, 0.6) is 0 Å². The highest BCUT2D eigenvalue weighted by Gasteiger charge is 2.13. The molecule has 0 spiro atoms. The first-order valence-corrected chi connectivity index (χ1v) is 7.30. The second-order valence-corrected chi connectivity index (χ2v) is 5.84. The highest BCUT2D eigenvalue weighted by atomic mass is 32.1. The molecule has 4 heteroatoms. The molecular weight excluding hydrogens is 230 g/mol. The summed E-state index contributed by atoms with van der Waals surface area (Å²) in [6.07, 6.45) is 1.02. The van der Waals surface area contributed by atoms with E-state index in [1.54, 1.807) is 0 Å². The molecule has 0 unspecified atom stereocenters. The Morgan fingerprint density at radius 2 is 2.06 bits per heavy atom. The summed E-state index contributed by atoms with van der Waals surface area (Å²) >= 11 is 1.83. The summed E-state index contributed by atoms with van der Waals surface area (Å²) in [5, 5.41) is 4.54. The van der Waals surface area contributed by atoms with Gasteiger partial charge in [0.25, 0.3) is 0 Å². The van der Waals surface area contributed by atoms with Crippen molar-refractivity contribution < 1.29 is 0 Å². The Morgan fingerprint density at radius 3 is 2.59 bits per heavy atom. The highest BCUT2D eigenvalue weighted by molar-refractivity contribution is 7.15. The second kappa shape index (κ2) is 6.97. The molecule has 0 radical (unpaired) electrons. The molecule has 3 nitrogen and oxygen atoms in total. The Kier molecular flexibility index (Phi) is 5.92. The summed E-state index contributed by atoms with van der Waals surface area (Å²) in [5.74, 6) is 0.672. The first-order valence-electron chi connectivity index (χ1n) is 6.48. The number of nitrogens with one attached hydrogen (secondary N) is 1. The number of aryl methyl sites for hydroxylation is 1. The lowest BCUT2D eigenvalue weighted by Crippen LogP contribution is -2.22. The van der Waals surface area contributed by atoms with Crippen molar-refractivity contribution in [1.29, 1.82) is 0 Å². The van der Waals surface area contributed by atoms with Crippen molar-refractivity contribution in [3.63, 3.8) is 0 Å². The Bertz CT molecular complexity index is 333. The van der Waals surface area contributed by atoms with E-state index in [-0.39, 0.29) is 0 Å². The van der Waals surface area contributed by atoms with Crippen LogP contribution in [0.25, 0.3) is 0 Å². The standard InChI is InChI=1S/C13H25N3S/c1-6-11-12(8-14-7-2)17-13(15-11)16(5)9-10(3)4/h10,14H,6-9H2,1-5H3. The molecular formula is C13H25N3S. The summed E-state index contributed by atoms with van der Waals surface area (Å²) < 4.78 is 0. The quantitative estimate of drug-likeness (QED) is 0.812. The molecule has 1 N–H and O–H groups in total. The number of hydrogen-bond donors (Lipinski definition) is 1. The predicted molar refractivity (Wildman–Crippen MR) is 77.0 cm³/mol. The van der Waals surface area contributed by atoms with E-state index >= 15 is 0 Å². The summed E-state index contributed by atoms with van der Waals surface area (Å²) in [4.78, 5) is 8.40. The van der Waals surface area contributed by atoms with Gasteiger partial charge in [0.15, 0.2) is 5.13 Å². The molecule has 98 valence electrons. The van der Waals surface area contributed by atoms with E-state index in [9.17, 15) is 0 Å². The topological polar surface area (TPSA) is 28.2 Å². The zero-order valence-electron chi connectivity index (χ0n) is 11.7. The van der Waals surface area contributed by atoms with Gasteiger partial charge in [-0.2, -0.15) is 0 Å². The van der Waals surface area contributed by atoms with Crippen molar-refractivity contribution in [3.05, 3.63) is 10.6 Å². The minimum atomic E-state index is 0.672. The van der Waals surface area contributed by atoms with Gasteiger partial charge < -0.3 is 10.2 Å². The number of hydrogen-bond acceptors (Lipinski definition) is 4. The van der Waals surface area contributed by atoms with Gasteiger partial charge in [0.05, 0.1) is 5.69 Å². The molecule has 17 heavy (non-hydrogen) atoms.